The monoisotopic (exact) mass is 558 g/mol. The molecule has 2 aliphatic rings. The molecule has 0 aliphatic carbocycles. The molecule has 0 saturated carbocycles. The van der Waals surface area contributed by atoms with Crippen LogP contribution in [0.4, 0.5) is 11.4 Å². The van der Waals surface area contributed by atoms with Crippen molar-refractivity contribution < 1.29 is 4.79 Å². The molecule has 194 valence electrons. The van der Waals surface area contributed by atoms with E-state index in [2.05, 4.69) is 48.5 Å². The number of anilines is 2. The van der Waals surface area contributed by atoms with Gasteiger partial charge in [0.25, 0.3) is 0 Å². The molecule has 5 nitrogen and oxygen atoms in total. The summed E-state index contributed by atoms with van der Waals surface area (Å²) in [5.41, 5.74) is 5.47. The number of para-hydroxylation sites is 1. The summed E-state index contributed by atoms with van der Waals surface area (Å²) in [6, 6.07) is 40.5. The van der Waals surface area contributed by atoms with E-state index in [1.165, 1.54) is 11.8 Å². The molecular weight excluding hydrogens is 536 g/mol. The number of benzene rings is 5. The zero-order valence-corrected chi connectivity index (χ0v) is 23.1. The minimum absolute atomic E-state index is 0.108. The molecule has 5 aromatic rings. The highest BCUT2D eigenvalue weighted by atomic mass is 35.5. The van der Waals surface area contributed by atoms with Crippen molar-refractivity contribution in [3.8, 4) is 0 Å². The molecule has 2 heterocycles. The average Bonchev–Trinajstić information content (AvgIpc) is 3.39. The Morgan fingerprint density at radius 3 is 2.20 bits per heavy atom. The van der Waals surface area contributed by atoms with E-state index in [0.29, 0.717) is 10.1 Å². The van der Waals surface area contributed by atoms with Crippen LogP contribution in [0.3, 0.4) is 0 Å². The van der Waals surface area contributed by atoms with Gasteiger partial charge in [0.2, 0.25) is 4.99 Å². The predicted molar refractivity (Wildman–Crippen MR) is 166 cm³/mol. The van der Waals surface area contributed by atoms with Crippen LogP contribution >= 0.6 is 23.4 Å². The molecule has 0 fully saturated rings. The fourth-order valence-electron chi connectivity index (χ4n) is 5.38. The molecule has 0 amide bonds. The molecule has 0 bridgehead atoms. The highest BCUT2D eigenvalue weighted by molar-refractivity contribution is 8.17. The molecule has 2 aliphatic heterocycles. The van der Waals surface area contributed by atoms with Crippen molar-refractivity contribution in [3.63, 3.8) is 0 Å². The molecule has 0 aromatic heterocycles. The topological polar surface area (TPSA) is 48.3 Å². The third-order valence-corrected chi connectivity index (χ3v) is 8.78. The highest BCUT2D eigenvalue weighted by Crippen LogP contribution is 2.55. The van der Waals surface area contributed by atoms with Gasteiger partial charge in [0.1, 0.15) is 0 Å². The van der Waals surface area contributed by atoms with Crippen LogP contribution < -0.4 is 10.0 Å². The van der Waals surface area contributed by atoms with Crippen LogP contribution in [0.2, 0.25) is 5.02 Å². The average molecular weight is 559 g/mol. The molecule has 0 N–H and O–H groups in total. The first-order valence-corrected chi connectivity index (χ1v) is 14.1. The number of fused-ring (bicyclic) bond motifs is 3. The van der Waals surface area contributed by atoms with E-state index < -0.39 is 4.99 Å². The third kappa shape index (κ3) is 3.83. The molecule has 1 spiro atoms. The molecular formula is C33H23ClN4OS. The van der Waals surface area contributed by atoms with Gasteiger partial charge in [-0.05, 0) is 52.9 Å². The lowest BCUT2D eigenvalue weighted by atomic mass is 9.91. The summed E-state index contributed by atoms with van der Waals surface area (Å²) in [7, 11) is 0. The Hall–Kier alpha value is -4.39. The second kappa shape index (κ2) is 9.66. The quantitative estimate of drug-likeness (QED) is 0.224. The largest absolute Gasteiger partial charge is 0.292 e. The molecule has 40 heavy (non-hydrogen) atoms. The molecule has 1 atom stereocenters. The Balaban J connectivity index is 1.56. The second-order valence-electron chi connectivity index (χ2n) is 9.63. The summed E-state index contributed by atoms with van der Waals surface area (Å²) in [4.78, 5) is 11.8. The van der Waals surface area contributed by atoms with Gasteiger partial charge in [-0.2, -0.15) is 10.2 Å². The van der Waals surface area contributed by atoms with Gasteiger partial charge < -0.3 is 0 Å². The lowest BCUT2D eigenvalue weighted by Gasteiger charge is -2.47. The van der Waals surface area contributed by atoms with Crippen molar-refractivity contribution in [2.24, 2.45) is 10.2 Å². The lowest BCUT2D eigenvalue weighted by Crippen LogP contribution is -2.54. The number of ketones is 1. The van der Waals surface area contributed by atoms with Crippen LogP contribution in [0.15, 0.2) is 132 Å². The van der Waals surface area contributed by atoms with Gasteiger partial charge in [0.15, 0.2) is 10.8 Å². The summed E-state index contributed by atoms with van der Waals surface area (Å²) >= 11 is 7.87. The van der Waals surface area contributed by atoms with Crippen molar-refractivity contribution in [3.05, 3.63) is 143 Å². The van der Waals surface area contributed by atoms with Gasteiger partial charge >= 0.3 is 0 Å². The molecule has 7 rings (SSSR count). The van der Waals surface area contributed by atoms with Crippen LogP contribution in [0.25, 0.3) is 10.8 Å². The number of nitrogens with zero attached hydrogens (tertiary/aromatic N) is 4. The van der Waals surface area contributed by atoms with E-state index in [1.807, 2.05) is 82.8 Å². The van der Waals surface area contributed by atoms with E-state index >= 15 is 0 Å². The second-order valence-corrected chi connectivity index (χ2v) is 11.2. The van der Waals surface area contributed by atoms with Gasteiger partial charge in [-0.15, -0.1) is 0 Å². The SMILES string of the molecule is CC(=O)C1=NN(c2cccc(Cl)c2)[C@@]2(S1)c1ccccc1C(c1cccc3ccccc13)=NN2c1ccccc1. The first-order chi connectivity index (χ1) is 19.6. The van der Waals surface area contributed by atoms with Gasteiger partial charge in [0.05, 0.1) is 17.1 Å². The summed E-state index contributed by atoms with van der Waals surface area (Å²) < 4.78 is 0. The zero-order valence-electron chi connectivity index (χ0n) is 21.5. The van der Waals surface area contributed by atoms with Gasteiger partial charge in [-0.3, -0.25) is 4.79 Å². The van der Waals surface area contributed by atoms with Crippen molar-refractivity contribution in [2.45, 2.75) is 11.9 Å². The van der Waals surface area contributed by atoms with E-state index in [4.69, 9.17) is 21.8 Å². The van der Waals surface area contributed by atoms with Crippen LogP contribution in [0, 0.1) is 0 Å². The number of halogens is 1. The van der Waals surface area contributed by atoms with E-state index in [-0.39, 0.29) is 5.78 Å². The van der Waals surface area contributed by atoms with Crippen LogP contribution in [0.5, 0.6) is 0 Å². The Morgan fingerprint density at radius 1 is 0.725 bits per heavy atom. The van der Waals surface area contributed by atoms with Crippen molar-refractivity contribution in [2.75, 3.05) is 10.0 Å². The van der Waals surface area contributed by atoms with Crippen LogP contribution in [-0.2, 0) is 9.79 Å². The predicted octanol–water partition coefficient (Wildman–Crippen LogP) is 8.03. The number of hydrogen-bond donors (Lipinski definition) is 0. The van der Waals surface area contributed by atoms with E-state index in [1.54, 1.807) is 6.92 Å². The highest BCUT2D eigenvalue weighted by Gasteiger charge is 2.56. The van der Waals surface area contributed by atoms with Crippen LogP contribution in [0.1, 0.15) is 23.6 Å². The smallest absolute Gasteiger partial charge is 0.234 e. The van der Waals surface area contributed by atoms with Crippen LogP contribution in [-0.4, -0.2) is 16.5 Å². The third-order valence-electron chi connectivity index (χ3n) is 7.14. The van der Waals surface area contributed by atoms with Crippen molar-refractivity contribution >= 4 is 62.0 Å². The number of carbonyl (C=O) groups is 1. The standard InChI is InChI=1S/C33H23ClN4OS/c1-22(39)32-36-38(26-16-10-13-24(34)21-26)33(40-32)30-20-8-7-18-29(30)31(35-37(33)25-14-3-2-4-15-25)28-19-9-12-23-11-5-6-17-27(23)28/h2-21H,1H3/t33-/m1/s1. The lowest BCUT2D eigenvalue weighted by molar-refractivity contribution is -0.110. The first-order valence-electron chi connectivity index (χ1n) is 12.9. The molecule has 0 saturated heterocycles. The fourth-order valence-corrected chi connectivity index (χ4v) is 6.86. The number of hydrazone groups is 2. The summed E-state index contributed by atoms with van der Waals surface area (Å²) in [5, 5.41) is 17.4. The van der Waals surface area contributed by atoms with E-state index in [0.717, 1.165) is 44.5 Å². The Kier molecular flexibility index (Phi) is 5.95. The van der Waals surface area contributed by atoms with Gasteiger partial charge in [0, 0.05) is 28.6 Å². The first kappa shape index (κ1) is 24.6. The maximum Gasteiger partial charge on any atom is 0.234 e. The summed E-state index contributed by atoms with van der Waals surface area (Å²) in [6.45, 7) is 1.55. The number of Topliss-reactive ketones (excluding diaryl/α,β-unsaturated/α-hetero) is 1. The maximum atomic E-state index is 12.8. The Bertz CT molecular complexity index is 1850. The van der Waals surface area contributed by atoms with Crippen molar-refractivity contribution in [1.29, 1.82) is 0 Å². The number of thioether (sulfide) groups is 1. The Morgan fingerprint density at radius 2 is 1.38 bits per heavy atom. The summed E-state index contributed by atoms with van der Waals surface area (Å²) in [5.74, 6) is -0.108. The fraction of sp³-hybridized carbons (Fsp3) is 0.0606. The Labute approximate surface area is 241 Å². The van der Waals surface area contributed by atoms with E-state index in [9.17, 15) is 4.79 Å². The van der Waals surface area contributed by atoms with Gasteiger partial charge in [-0.25, -0.2) is 10.0 Å². The minimum Gasteiger partial charge on any atom is -0.292 e. The minimum atomic E-state index is -1.02. The zero-order chi connectivity index (χ0) is 27.3. The summed E-state index contributed by atoms with van der Waals surface area (Å²) in [6.07, 6.45) is 0. The van der Waals surface area contributed by atoms with Crippen molar-refractivity contribution in [1.82, 2.24) is 0 Å². The molecule has 0 unspecified atom stereocenters. The molecule has 0 radical (unpaired) electrons. The number of rotatable bonds is 4. The molecule has 5 aromatic carbocycles. The number of carbonyl (C=O) groups excluding carboxylic acids is 1. The normalized spacial score (nSPS) is 18.1. The van der Waals surface area contributed by atoms with Gasteiger partial charge in [-0.1, -0.05) is 103 Å². The maximum absolute atomic E-state index is 12.8. The number of hydrogen-bond acceptors (Lipinski definition) is 6. The molecule has 7 heteroatoms.